The molecule has 0 unspecified atom stereocenters. The molecule has 0 saturated carbocycles. The minimum Gasteiger partial charge on any atom is -0.497 e. The average Bonchev–Trinajstić information content (AvgIpc) is 2.85. The maximum atomic E-state index is 12.3. The molecule has 1 amide bonds. The molecule has 20 heavy (non-hydrogen) atoms. The number of ketones is 1. The van der Waals surface area contributed by atoms with Crippen LogP contribution in [0, 0.1) is 0 Å². The molecule has 0 aromatic heterocycles. The first-order chi connectivity index (χ1) is 9.60. The summed E-state index contributed by atoms with van der Waals surface area (Å²) >= 11 is 1.50. The molecule has 0 spiro atoms. The molecule has 1 aliphatic rings. The van der Waals surface area contributed by atoms with Gasteiger partial charge in [0.2, 0.25) is 5.91 Å². The highest BCUT2D eigenvalue weighted by Gasteiger charge is 2.23. The summed E-state index contributed by atoms with van der Waals surface area (Å²) < 4.78 is 5.11. The Bertz CT molecular complexity index is 557. The highest BCUT2D eigenvalue weighted by atomic mass is 32.2. The largest absolute Gasteiger partial charge is 0.497 e. The summed E-state index contributed by atoms with van der Waals surface area (Å²) in [6, 6.07) is 7.06. The fraction of sp³-hybridized carbons (Fsp3) is 0.357. The summed E-state index contributed by atoms with van der Waals surface area (Å²) in [5.41, 5.74) is 0.600. The Labute approximate surface area is 122 Å². The summed E-state index contributed by atoms with van der Waals surface area (Å²) in [5.74, 6) is 1.25. The van der Waals surface area contributed by atoms with Gasteiger partial charge in [0.05, 0.1) is 13.7 Å². The van der Waals surface area contributed by atoms with Crippen molar-refractivity contribution in [1.82, 2.24) is 4.90 Å². The number of Topliss-reactive ketones (excluding diaryl/α,β-unsaturated/α-hetero) is 1. The normalized spacial score (nSPS) is 16.5. The van der Waals surface area contributed by atoms with Crippen LogP contribution >= 0.6 is 11.8 Å². The van der Waals surface area contributed by atoms with Crippen molar-refractivity contribution in [3.63, 3.8) is 0 Å². The zero-order valence-corrected chi connectivity index (χ0v) is 12.3. The lowest BCUT2D eigenvalue weighted by Gasteiger charge is -2.16. The second-order valence-electron chi connectivity index (χ2n) is 4.34. The molecule has 0 N–H and O–H groups in total. The Balaban J connectivity index is 2.09. The van der Waals surface area contributed by atoms with E-state index in [9.17, 15) is 9.59 Å². The summed E-state index contributed by atoms with van der Waals surface area (Å²) in [6.45, 7) is 2.37. The number of carbonyl (C=O) groups is 2. The number of rotatable bonds is 4. The second kappa shape index (κ2) is 6.56. The molecule has 1 aliphatic heterocycles. The first kappa shape index (κ1) is 14.6. The third-order valence-corrected chi connectivity index (χ3v) is 3.84. The molecule has 1 fully saturated rings. The minimum absolute atomic E-state index is 0.0114. The number of amidine groups is 1. The number of ether oxygens (including phenoxy) is 1. The molecule has 0 aliphatic carbocycles. The lowest BCUT2D eigenvalue weighted by Crippen LogP contribution is -2.31. The van der Waals surface area contributed by atoms with Gasteiger partial charge in [-0.2, -0.15) is 4.99 Å². The number of carbonyl (C=O) groups excluding carboxylic acids is 2. The average molecular weight is 292 g/mol. The highest BCUT2D eigenvalue weighted by molar-refractivity contribution is 8.14. The quantitative estimate of drug-likeness (QED) is 0.792. The number of methoxy groups -OCH3 is 1. The standard InChI is InChI=1S/C14H16N2O3S/c1-10(17)15-14-16(6-7-20-14)9-13(18)11-4-3-5-12(8-11)19-2/h3-5,8H,6-7,9H2,1-2H3. The third kappa shape index (κ3) is 3.60. The fourth-order valence-electron chi connectivity index (χ4n) is 1.88. The number of benzene rings is 1. The Morgan fingerprint density at radius 2 is 2.25 bits per heavy atom. The number of aliphatic imine (C=N–C) groups is 1. The Kier molecular flexibility index (Phi) is 4.79. The van der Waals surface area contributed by atoms with Crippen LogP contribution < -0.4 is 4.74 Å². The molecule has 0 atom stereocenters. The van der Waals surface area contributed by atoms with Crippen LogP contribution in [0.1, 0.15) is 17.3 Å². The van der Waals surface area contributed by atoms with E-state index in [0.717, 1.165) is 12.3 Å². The van der Waals surface area contributed by atoms with Crippen molar-refractivity contribution in [2.24, 2.45) is 4.99 Å². The molecule has 5 nitrogen and oxygen atoms in total. The first-order valence-electron chi connectivity index (χ1n) is 6.24. The van der Waals surface area contributed by atoms with Crippen LogP contribution in [-0.4, -0.2) is 47.7 Å². The summed E-state index contributed by atoms with van der Waals surface area (Å²) in [7, 11) is 1.57. The minimum atomic E-state index is -0.242. The monoisotopic (exact) mass is 292 g/mol. The van der Waals surface area contributed by atoms with Gasteiger partial charge in [-0.05, 0) is 12.1 Å². The third-order valence-electron chi connectivity index (χ3n) is 2.84. The number of hydrogen-bond donors (Lipinski definition) is 0. The summed E-state index contributed by atoms with van der Waals surface area (Å²) in [6.07, 6.45) is 0. The van der Waals surface area contributed by atoms with E-state index in [2.05, 4.69) is 4.99 Å². The lowest BCUT2D eigenvalue weighted by molar-refractivity contribution is -0.115. The van der Waals surface area contributed by atoms with Gasteiger partial charge in [0.15, 0.2) is 11.0 Å². The van der Waals surface area contributed by atoms with E-state index in [-0.39, 0.29) is 18.2 Å². The van der Waals surface area contributed by atoms with Gasteiger partial charge in [0.1, 0.15) is 5.75 Å². The van der Waals surface area contributed by atoms with Crippen LogP contribution in [0.4, 0.5) is 0 Å². The number of thioether (sulfide) groups is 1. The molecule has 106 valence electrons. The van der Waals surface area contributed by atoms with E-state index in [4.69, 9.17) is 4.74 Å². The van der Waals surface area contributed by atoms with E-state index in [1.807, 2.05) is 4.90 Å². The smallest absolute Gasteiger partial charge is 0.244 e. The highest BCUT2D eigenvalue weighted by Crippen LogP contribution is 2.19. The van der Waals surface area contributed by atoms with Crippen molar-refractivity contribution in [2.45, 2.75) is 6.92 Å². The van der Waals surface area contributed by atoms with Gasteiger partial charge < -0.3 is 9.64 Å². The Hall–Kier alpha value is -1.82. The molecule has 1 aromatic rings. The van der Waals surface area contributed by atoms with Gasteiger partial charge in [0, 0.05) is 24.8 Å². The van der Waals surface area contributed by atoms with Crippen molar-refractivity contribution < 1.29 is 14.3 Å². The van der Waals surface area contributed by atoms with Crippen LogP contribution in [0.25, 0.3) is 0 Å². The fourth-order valence-corrected chi connectivity index (χ4v) is 2.91. The van der Waals surface area contributed by atoms with Crippen LogP contribution in [0.2, 0.25) is 0 Å². The van der Waals surface area contributed by atoms with Gasteiger partial charge in [-0.15, -0.1) is 0 Å². The van der Waals surface area contributed by atoms with Crippen molar-refractivity contribution in [3.8, 4) is 5.75 Å². The zero-order chi connectivity index (χ0) is 14.5. The number of amides is 1. The first-order valence-corrected chi connectivity index (χ1v) is 7.23. The topological polar surface area (TPSA) is 59.0 Å². The molecule has 1 heterocycles. The predicted octanol–water partition coefficient (Wildman–Crippen LogP) is 1.83. The summed E-state index contributed by atoms with van der Waals surface area (Å²) in [5, 5.41) is 0.633. The van der Waals surface area contributed by atoms with Gasteiger partial charge in [-0.1, -0.05) is 23.9 Å². The molecule has 1 aromatic carbocycles. The number of nitrogens with zero attached hydrogens (tertiary/aromatic N) is 2. The maximum absolute atomic E-state index is 12.3. The predicted molar refractivity (Wildman–Crippen MR) is 79.5 cm³/mol. The molecule has 1 saturated heterocycles. The van der Waals surface area contributed by atoms with Gasteiger partial charge in [-0.3, -0.25) is 9.59 Å². The van der Waals surface area contributed by atoms with E-state index in [1.165, 1.54) is 18.7 Å². The van der Waals surface area contributed by atoms with Crippen molar-refractivity contribution in [3.05, 3.63) is 29.8 Å². The summed E-state index contributed by atoms with van der Waals surface area (Å²) in [4.78, 5) is 29.1. The van der Waals surface area contributed by atoms with Crippen LogP contribution in [0.5, 0.6) is 5.75 Å². The van der Waals surface area contributed by atoms with Crippen molar-refractivity contribution in [1.29, 1.82) is 0 Å². The van der Waals surface area contributed by atoms with Crippen molar-refractivity contribution >= 4 is 28.6 Å². The van der Waals surface area contributed by atoms with Crippen molar-refractivity contribution in [2.75, 3.05) is 26.0 Å². The molecule has 0 radical (unpaired) electrons. The maximum Gasteiger partial charge on any atom is 0.244 e. The van der Waals surface area contributed by atoms with Gasteiger partial charge in [-0.25, -0.2) is 0 Å². The Morgan fingerprint density at radius 1 is 1.45 bits per heavy atom. The molecule has 0 bridgehead atoms. The lowest BCUT2D eigenvalue weighted by atomic mass is 10.1. The van der Waals surface area contributed by atoms with E-state index in [1.54, 1.807) is 31.4 Å². The Morgan fingerprint density at radius 3 is 2.95 bits per heavy atom. The molecule has 6 heteroatoms. The molecule has 2 rings (SSSR count). The SMILES string of the molecule is COc1cccc(C(=O)CN2CCSC2=NC(C)=O)c1. The molecular formula is C14H16N2O3S. The second-order valence-corrected chi connectivity index (χ2v) is 5.40. The van der Waals surface area contributed by atoms with Gasteiger partial charge in [0.25, 0.3) is 0 Å². The van der Waals surface area contributed by atoms with Crippen LogP contribution in [-0.2, 0) is 4.79 Å². The van der Waals surface area contributed by atoms with E-state index in [0.29, 0.717) is 16.5 Å². The zero-order valence-electron chi connectivity index (χ0n) is 11.5. The van der Waals surface area contributed by atoms with E-state index >= 15 is 0 Å². The van der Waals surface area contributed by atoms with Crippen LogP contribution in [0.3, 0.4) is 0 Å². The molecular weight excluding hydrogens is 276 g/mol. The number of hydrogen-bond acceptors (Lipinski definition) is 4. The van der Waals surface area contributed by atoms with Gasteiger partial charge >= 0.3 is 0 Å². The van der Waals surface area contributed by atoms with E-state index < -0.39 is 0 Å². The van der Waals surface area contributed by atoms with Crippen LogP contribution in [0.15, 0.2) is 29.3 Å².